The lowest BCUT2D eigenvalue weighted by atomic mass is 10.00. The molecular formula is C14H25ClN4O2S. The van der Waals surface area contributed by atoms with Crippen molar-refractivity contribution in [1.82, 2.24) is 13.9 Å². The lowest BCUT2D eigenvalue weighted by Crippen LogP contribution is -2.51. The van der Waals surface area contributed by atoms with E-state index in [0.29, 0.717) is 6.54 Å². The first-order chi connectivity index (χ1) is 10.00. The molecule has 2 unspecified atom stereocenters. The smallest absolute Gasteiger partial charge is 0.262 e. The Labute approximate surface area is 138 Å². The molecule has 3 heterocycles. The summed E-state index contributed by atoms with van der Waals surface area (Å²) in [5, 5.41) is 0.201. The largest absolute Gasteiger partial charge is 0.333 e. The number of fused-ring (bicyclic) bond motifs is 1. The number of hydrogen-bond donors (Lipinski definition) is 1. The molecule has 0 aliphatic carbocycles. The van der Waals surface area contributed by atoms with Crippen molar-refractivity contribution >= 4 is 22.4 Å². The zero-order chi connectivity index (χ0) is 15.0. The minimum atomic E-state index is -3.53. The van der Waals surface area contributed by atoms with Gasteiger partial charge in [0.1, 0.15) is 5.82 Å². The highest BCUT2D eigenvalue weighted by Gasteiger charge is 2.37. The molecule has 0 aromatic carbocycles. The molecule has 0 saturated carbocycles. The number of sulfonamides is 1. The van der Waals surface area contributed by atoms with E-state index in [2.05, 4.69) is 4.98 Å². The van der Waals surface area contributed by atoms with Crippen LogP contribution in [0.1, 0.15) is 44.9 Å². The van der Waals surface area contributed by atoms with Crippen molar-refractivity contribution < 1.29 is 8.42 Å². The maximum absolute atomic E-state index is 12.9. The molecule has 1 fully saturated rings. The zero-order valence-electron chi connectivity index (χ0n) is 12.9. The van der Waals surface area contributed by atoms with E-state index in [0.717, 1.165) is 50.9 Å². The third-order valence-electron chi connectivity index (χ3n) is 4.56. The molecule has 0 bridgehead atoms. The van der Waals surface area contributed by atoms with Gasteiger partial charge in [0.2, 0.25) is 0 Å². The quantitative estimate of drug-likeness (QED) is 0.898. The number of nitrogens with zero attached hydrogens (tertiary/aromatic N) is 3. The normalized spacial score (nSPS) is 24.4. The predicted molar refractivity (Wildman–Crippen MR) is 87.6 cm³/mol. The van der Waals surface area contributed by atoms with E-state index in [4.69, 9.17) is 5.73 Å². The average Bonchev–Trinajstić information content (AvgIpc) is 2.92. The molecule has 22 heavy (non-hydrogen) atoms. The molecule has 0 amide bonds. The highest BCUT2D eigenvalue weighted by molar-refractivity contribution is 7.89. The molecule has 1 aromatic heterocycles. The van der Waals surface area contributed by atoms with Gasteiger partial charge in [-0.1, -0.05) is 6.42 Å². The Morgan fingerprint density at radius 1 is 1.27 bits per heavy atom. The second kappa shape index (κ2) is 6.86. The first-order valence-corrected chi connectivity index (χ1v) is 9.27. The lowest BCUT2D eigenvalue weighted by Gasteiger charge is -2.36. The van der Waals surface area contributed by atoms with Gasteiger partial charge in [0.25, 0.3) is 10.0 Å². The lowest BCUT2D eigenvalue weighted by molar-refractivity contribution is 0.227. The average molecular weight is 349 g/mol. The van der Waals surface area contributed by atoms with Crippen molar-refractivity contribution in [3.05, 3.63) is 12.0 Å². The monoisotopic (exact) mass is 348 g/mol. The Morgan fingerprint density at radius 3 is 2.68 bits per heavy atom. The molecule has 2 aliphatic heterocycles. The molecule has 3 rings (SSSR count). The second-order valence-corrected chi connectivity index (χ2v) is 8.02. The van der Waals surface area contributed by atoms with Gasteiger partial charge in [-0.25, -0.2) is 13.4 Å². The summed E-state index contributed by atoms with van der Waals surface area (Å²) in [4.78, 5) is 4.38. The van der Waals surface area contributed by atoms with Gasteiger partial charge in [-0.3, -0.25) is 0 Å². The van der Waals surface area contributed by atoms with Crippen LogP contribution in [-0.2, 0) is 23.0 Å². The van der Waals surface area contributed by atoms with Crippen molar-refractivity contribution in [2.24, 2.45) is 5.73 Å². The summed E-state index contributed by atoms with van der Waals surface area (Å²) in [5.74, 6) is 0.897. The Morgan fingerprint density at radius 2 is 2.00 bits per heavy atom. The van der Waals surface area contributed by atoms with Crippen molar-refractivity contribution in [1.29, 1.82) is 0 Å². The molecule has 0 spiro atoms. The van der Waals surface area contributed by atoms with Crippen LogP contribution in [0, 0.1) is 0 Å². The summed E-state index contributed by atoms with van der Waals surface area (Å²) >= 11 is 0. The van der Waals surface area contributed by atoms with Gasteiger partial charge in [0.15, 0.2) is 5.03 Å². The SMILES string of the molecule is CC(N)C1CCCCN1S(=O)(=O)c1cn2c(n1)CCCC2.Cl. The summed E-state index contributed by atoms with van der Waals surface area (Å²) in [6.45, 7) is 3.31. The maximum Gasteiger partial charge on any atom is 0.262 e. The van der Waals surface area contributed by atoms with Crippen LogP contribution < -0.4 is 5.73 Å². The van der Waals surface area contributed by atoms with E-state index in [1.54, 1.807) is 10.5 Å². The van der Waals surface area contributed by atoms with Crippen molar-refractivity contribution in [3.63, 3.8) is 0 Å². The van der Waals surface area contributed by atoms with Gasteiger partial charge in [0, 0.05) is 37.8 Å². The van der Waals surface area contributed by atoms with Gasteiger partial charge in [-0.15, -0.1) is 12.4 Å². The fraction of sp³-hybridized carbons (Fsp3) is 0.786. The Kier molecular flexibility index (Phi) is 5.53. The van der Waals surface area contributed by atoms with E-state index >= 15 is 0 Å². The summed E-state index contributed by atoms with van der Waals surface area (Å²) in [6, 6.07) is -0.264. The van der Waals surface area contributed by atoms with Gasteiger partial charge in [-0.05, 0) is 32.6 Å². The standard InChI is InChI=1S/C14H24N4O2S.ClH/c1-11(15)12-6-2-5-9-18(12)21(19,20)14-10-17-8-4-3-7-13(17)16-14;/h10-12H,2-9,15H2,1H3;1H. The van der Waals surface area contributed by atoms with E-state index in [9.17, 15) is 8.42 Å². The molecule has 0 radical (unpaired) electrons. The second-order valence-electron chi connectivity index (χ2n) is 6.18. The van der Waals surface area contributed by atoms with Crippen LogP contribution in [0.25, 0.3) is 0 Å². The van der Waals surface area contributed by atoms with Crippen molar-refractivity contribution in [2.75, 3.05) is 6.54 Å². The van der Waals surface area contributed by atoms with Gasteiger partial charge in [-0.2, -0.15) is 4.31 Å². The van der Waals surface area contributed by atoms with Crippen molar-refractivity contribution in [3.8, 4) is 0 Å². The number of halogens is 1. The molecule has 6 nitrogen and oxygen atoms in total. The number of aromatic nitrogens is 2. The molecule has 2 N–H and O–H groups in total. The molecular weight excluding hydrogens is 324 g/mol. The van der Waals surface area contributed by atoms with Crippen LogP contribution in [0.5, 0.6) is 0 Å². The predicted octanol–water partition coefficient (Wildman–Crippen LogP) is 1.53. The number of aryl methyl sites for hydroxylation is 2. The highest BCUT2D eigenvalue weighted by Crippen LogP contribution is 2.27. The zero-order valence-corrected chi connectivity index (χ0v) is 14.6. The van der Waals surface area contributed by atoms with Crippen LogP contribution in [0.3, 0.4) is 0 Å². The van der Waals surface area contributed by atoms with E-state index < -0.39 is 10.0 Å². The molecule has 2 atom stereocenters. The maximum atomic E-state index is 12.9. The fourth-order valence-corrected chi connectivity index (χ4v) is 5.13. The minimum absolute atomic E-state index is 0. The first-order valence-electron chi connectivity index (χ1n) is 7.83. The van der Waals surface area contributed by atoms with Crippen LogP contribution >= 0.6 is 12.4 Å². The third-order valence-corrected chi connectivity index (χ3v) is 6.36. The topological polar surface area (TPSA) is 81.2 Å². The summed E-state index contributed by atoms with van der Waals surface area (Å²) < 4.78 is 29.4. The number of rotatable bonds is 3. The summed E-state index contributed by atoms with van der Waals surface area (Å²) in [6.07, 6.45) is 7.53. The number of nitrogens with two attached hydrogens (primary N) is 1. The first kappa shape index (κ1) is 17.7. The minimum Gasteiger partial charge on any atom is -0.333 e. The number of hydrogen-bond acceptors (Lipinski definition) is 4. The third kappa shape index (κ3) is 3.18. The van der Waals surface area contributed by atoms with Gasteiger partial charge >= 0.3 is 0 Å². The highest BCUT2D eigenvalue weighted by atomic mass is 35.5. The van der Waals surface area contributed by atoms with Gasteiger partial charge < -0.3 is 10.3 Å². The number of piperidine rings is 1. The van der Waals surface area contributed by atoms with E-state index in [1.165, 1.54) is 0 Å². The molecule has 126 valence electrons. The van der Waals surface area contributed by atoms with Crippen molar-refractivity contribution in [2.45, 2.75) is 69.1 Å². The van der Waals surface area contributed by atoms with E-state index in [1.807, 2.05) is 11.5 Å². The van der Waals surface area contributed by atoms with Crippen LogP contribution in [-0.4, -0.2) is 40.9 Å². The molecule has 8 heteroatoms. The Bertz CT molecular complexity index is 591. The number of imidazole rings is 1. The molecule has 1 aromatic rings. The Hall–Kier alpha value is -0.630. The molecule has 1 saturated heterocycles. The van der Waals surface area contributed by atoms with Gasteiger partial charge in [0.05, 0.1) is 0 Å². The fourth-order valence-electron chi connectivity index (χ4n) is 3.39. The van der Waals surface area contributed by atoms with Crippen LogP contribution in [0.4, 0.5) is 0 Å². The van der Waals surface area contributed by atoms with Crippen LogP contribution in [0.2, 0.25) is 0 Å². The summed E-state index contributed by atoms with van der Waals surface area (Å²) in [7, 11) is -3.53. The molecule has 2 aliphatic rings. The Balaban J connectivity index is 0.00000176. The van der Waals surface area contributed by atoms with Crippen LogP contribution in [0.15, 0.2) is 11.2 Å². The van der Waals surface area contributed by atoms with E-state index in [-0.39, 0.29) is 29.5 Å². The summed E-state index contributed by atoms with van der Waals surface area (Å²) in [5.41, 5.74) is 6.00.